The lowest BCUT2D eigenvalue weighted by Gasteiger charge is -2.05. The molecule has 1 unspecified atom stereocenters. The lowest BCUT2D eigenvalue weighted by Crippen LogP contribution is -2.19. The summed E-state index contributed by atoms with van der Waals surface area (Å²) in [5.41, 5.74) is 0. The summed E-state index contributed by atoms with van der Waals surface area (Å²) in [6.45, 7) is 2.65. The van der Waals surface area contributed by atoms with Crippen molar-refractivity contribution in [3.8, 4) is 0 Å². The van der Waals surface area contributed by atoms with Crippen LogP contribution in [0.4, 0.5) is 0 Å². The molecule has 0 fully saturated rings. The average molecular weight is 182 g/mol. The van der Waals surface area contributed by atoms with E-state index in [9.17, 15) is 8.76 Å². The molecule has 5 heteroatoms. The first-order valence-electron chi connectivity index (χ1n) is 3.18. The van der Waals surface area contributed by atoms with Crippen LogP contribution in [0, 0.1) is 0 Å². The molecule has 0 heterocycles. The van der Waals surface area contributed by atoms with Crippen molar-refractivity contribution in [2.24, 2.45) is 0 Å². The summed E-state index contributed by atoms with van der Waals surface area (Å²) in [7, 11) is 0. The van der Waals surface area contributed by atoms with Gasteiger partial charge in [0.1, 0.15) is 0 Å². The fraction of sp³-hybridized carbons (Fsp3) is 1.00. The minimum atomic E-state index is -2.08. The van der Waals surface area contributed by atoms with Crippen LogP contribution in [-0.2, 0) is 11.3 Å². The highest BCUT2D eigenvalue weighted by atomic mass is 32.2. The molecule has 0 aliphatic heterocycles. The predicted octanol–water partition coefficient (Wildman–Crippen LogP) is 0.513. The van der Waals surface area contributed by atoms with Crippen molar-refractivity contribution in [2.75, 3.05) is 18.1 Å². The normalized spacial score (nSPS) is 13.4. The summed E-state index contributed by atoms with van der Waals surface area (Å²) in [6.07, 6.45) is 1.14. The number of rotatable bonds is 6. The molecule has 1 atom stereocenters. The summed E-state index contributed by atoms with van der Waals surface area (Å²) < 4.78 is 22.1. The Kier molecular flexibility index (Phi) is 7.84. The maximum atomic E-state index is 9.91. The summed E-state index contributed by atoms with van der Waals surface area (Å²) in [5.74, 6) is 1.97. The highest BCUT2D eigenvalue weighted by Gasteiger charge is 1.86. The van der Waals surface area contributed by atoms with Crippen molar-refractivity contribution in [2.45, 2.75) is 13.3 Å². The zero-order valence-corrected chi connectivity index (χ0v) is 7.59. The van der Waals surface area contributed by atoms with E-state index in [2.05, 4.69) is 11.6 Å². The summed E-state index contributed by atoms with van der Waals surface area (Å²) >= 11 is -0.325. The Bertz CT molecular complexity index is 99.6. The third kappa shape index (κ3) is 8.42. The van der Waals surface area contributed by atoms with Crippen molar-refractivity contribution in [3.63, 3.8) is 0 Å². The third-order valence-electron chi connectivity index (χ3n) is 0.815. The van der Waals surface area contributed by atoms with Gasteiger partial charge < -0.3 is 4.55 Å². The first kappa shape index (κ1) is 10.4. The Morgan fingerprint density at radius 1 is 1.60 bits per heavy atom. The van der Waals surface area contributed by atoms with E-state index in [-0.39, 0.29) is 0 Å². The highest BCUT2D eigenvalue weighted by molar-refractivity contribution is 7.99. The first-order chi connectivity index (χ1) is 4.77. The number of hydrogen-bond acceptors (Lipinski definition) is 3. The second-order valence-electron chi connectivity index (χ2n) is 1.74. The second kappa shape index (κ2) is 7.53. The van der Waals surface area contributed by atoms with Crippen LogP contribution in [0.3, 0.4) is 0 Å². The lowest BCUT2D eigenvalue weighted by atomic mass is 10.6. The van der Waals surface area contributed by atoms with E-state index in [1.54, 1.807) is 11.8 Å². The molecule has 0 aromatic carbocycles. The Hall–Kier alpha value is 0.420. The van der Waals surface area contributed by atoms with E-state index in [4.69, 9.17) is 0 Å². The quantitative estimate of drug-likeness (QED) is 0.481. The van der Waals surface area contributed by atoms with Crippen LogP contribution in [0.5, 0.6) is 0 Å². The SMILES string of the molecule is CCCSCCNS(=O)[O-]. The first-order valence-corrected chi connectivity index (χ1v) is 5.41. The Morgan fingerprint density at radius 3 is 2.80 bits per heavy atom. The van der Waals surface area contributed by atoms with Gasteiger partial charge in [0.05, 0.1) is 0 Å². The zero-order valence-electron chi connectivity index (χ0n) is 5.96. The van der Waals surface area contributed by atoms with Gasteiger partial charge in [-0.2, -0.15) is 11.8 Å². The van der Waals surface area contributed by atoms with Crippen LogP contribution in [0.2, 0.25) is 0 Å². The van der Waals surface area contributed by atoms with Crippen molar-refractivity contribution in [1.29, 1.82) is 0 Å². The van der Waals surface area contributed by atoms with E-state index in [0.717, 1.165) is 17.9 Å². The molecule has 0 saturated carbocycles. The molecule has 10 heavy (non-hydrogen) atoms. The van der Waals surface area contributed by atoms with Gasteiger partial charge in [0.25, 0.3) is 0 Å². The zero-order chi connectivity index (χ0) is 7.82. The van der Waals surface area contributed by atoms with Crippen LogP contribution in [-0.4, -0.2) is 26.8 Å². The summed E-state index contributed by atoms with van der Waals surface area (Å²) in [6, 6.07) is 0. The second-order valence-corrected chi connectivity index (χ2v) is 3.72. The summed E-state index contributed by atoms with van der Waals surface area (Å²) in [5, 5.41) is 0. The predicted molar refractivity (Wildman–Crippen MR) is 44.5 cm³/mol. The Balaban J connectivity index is 2.84. The van der Waals surface area contributed by atoms with Gasteiger partial charge in [0.2, 0.25) is 0 Å². The molecule has 0 aromatic heterocycles. The van der Waals surface area contributed by atoms with Gasteiger partial charge in [0.15, 0.2) is 0 Å². The van der Waals surface area contributed by atoms with Gasteiger partial charge in [-0.15, -0.1) is 0 Å². The van der Waals surface area contributed by atoms with Crippen LogP contribution >= 0.6 is 11.8 Å². The summed E-state index contributed by atoms with van der Waals surface area (Å²) in [4.78, 5) is 0. The van der Waals surface area contributed by atoms with Gasteiger partial charge >= 0.3 is 0 Å². The van der Waals surface area contributed by atoms with Crippen LogP contribution in [0.25, 0.3) is 0 Å². The molecule has 62 valence electrons. The number of thioether (sulfide) groups is 1. The monoisotopic (exact) mass is 182 g/mol. The molecule has 0 radical (unpaired) electrons. The molecule has 0 spiro atoms. The fourth-order valence-electron chi connectivity index (χ4n) is 0.444. The molecule has 0 rings (SSSR count). The minimum absolute atomic E-state index is 0.542. The van der Waals surface area contributed by atoms with E-state index < -0.39 is 11.3 Å². The van der Waals surface area contributed by atoms with Crippen molar-refractivity contribution in [3.05, 3.63) is 0 Å². The van der Waals surface area contributed by atoms with Gasteiger partial charge in [-0.05, 0) is 12.2 Å². The topological polar surface area (TPSA) is 52.2 Å². The van der Waals surface area contributed by atoms with Crippen molar-refractivity contribution < 1.29 is 8.76 Å². The number of nitrogens with one attached hydrogen (secondary N) is 1. The standard InChI is InChI=1S/C5H13NO2S2/c1-2-4-9-5-3-6-10(7)8/h6H,2-5H2,1H3,(H,7,8)/p-1. The average Bonchev–Trinajstić information content (AvgIpc) is 1.87. The molecular formula is C5H12NO2S2-. The van der Waals surface area contributed by atoms with Gasteiger partial charge in [0, 0.05) is 23.6 Å². The molecule has 0 aromatic rings. The third-order valence-corrected chi connectivity index (χ3v) is 2.44. The van der Waals surface area contributed by atoms with E-state index in [1.165, 1.54) is 0 Å². The van der Waals surface area contributed by atoms with Gasteiger partial charge in [-0.3, -0.25) is 4.21 Å². The van der Waals surface area contributed by atoms with Crippen molar-refractivity contribution >= 4 is 23.0 Å². The molecule has 1 N–H and O–H groups in total. The van der Waals surface area contributed by atoms with Crippen LogP contribution in [0.15, 0.2) is 0 Å². The molecule has 3 nitrogen and oxygen atoms in total. The van der Waals surface area contributed by atoms with Gasteiger partial charge in [-0.1, -0.05) is 6.92 Å². The van der Waals surface area contributed by atoms with Crippen LogP contribution in [0.1, 0.15) is 13.3 Å². The number of hydrogen-bond donors (Lipinski definition) is 1. The molecule has 0 saturated heterocycles. The fourth-order valence-corrected chi connectivity index (χ4v) is 1.58. The molecular weight excluding hydrogens is 170 g/mol. The smallest absolute Gasteiger partial charge is 0.0181 e. The Morgan fingerprint density at radius 2 is 2.30 bits per heavy atom. The maximum absolute atomic E-state index is 9.91. The van der Waals surface area contributed by atoms with E-state index in [0.29, 0.717) is 6.54 Å². The largest absolute Gasteiger partial charge is 0.760 e. The highest BCUT2D eigenvalue weighted by Crippen LogP contribution is 1.99. The van der Waals surface area contributed by atoms with Crippen LogP contribution < -0.4 is 4.72 Å². The lowest BCUT2D eigenvalue weighted by molar-refractivity contribution is 0.525. The van der Waals surface area contributed by atoms with E-state index >= 15 is 0 Å². The van der Waals surface area contributed by atoms with Gasteiger partial charge in [-0.25, -0.2) is 4.72 Å². The van der Waals surface area contributed by atoms with E-state index in [1.807, 2.05) is 0 Å². The minimum Gasteiger partial charge on any atom is -0.760 e. The molecule has 0 bridgehead atoms. The molecule has 0 aliphatic carbocycles. The maximum Gasteiger partial charge on any atom is 0.0181 e. The molecule has 0 aliphatic rings. The molecule has 0 amide bonds. The Labute approximate surface area is 68.4 Å². The van der Waals surface area contributed by atoms with Crippen molar-refractivity contribution in [1.82, 2.24) is 4.72 Å².